The highest BCUT2D eigenvalue weighted by Gasteiger charge is 2.36. The van der Waals surface area contributed by atoms with Gasteiger partial charge in [0, 0.05) is 5.56 Å². The first-order valence-electron chi connectivity index (χ1n) is 12.5. The number of aromatic nitrogens is 4. The number of hydrogen-bond donors (Lipinski definition) is 3. The topological polar surface area (TPSA) is 143 Å². The van der Waals surface area contributed by atoms with Crippen molar-refractivity contribution in [3.63, 3.8) is 0 Å². The number of aryl methyl sites for hydroxylation is 2. The second-order valence-electron chi connectivity index (χ2n) is 9.41. The summed E-state index contributed by atoms with van der Waals surface area (Å²) in [4.78, 5) is 38.2. The summed E-state index contributed by atoms with van der Waals surface area (Å²) in [6.45, 7) is 3.59. The van der Waals surface area contributed by atoms with Crippen molar-refractivity contribution in [1.29, 1.82) is 0 Å². The zero-order valence-electron chi connectivity index (χ0n) is 21.1. The van der Waals surface area contributed by atoms with Crippen LogP contribution in [0.3, 0.4) is 0 Å². The van der Waals surface area contributed by atoms with E-state index in [9.17, 15) is 14.7 Å². The Hall–Kier alpha value is -4.60. The van der Waals surface area contributed by atoms with Crippen molar-refractivity contribution in [3.8, 4) is 22.7 Å². The molecule has 0 spiro atoms. The van der Waals surface area contributed by atoms with Crippen LogP contribution in [0.15, 0.2) is 59.4 Å². The lowest BCUT2D eigenvalue weighted by atomic mass is 9.78. The number of anilines is 3. The number of carboxylic acid groups (broad SMARTS) is 1. The van der Waals surface area contributed by atoms with E-state index >= 15 is 0 Å². The van der Waals surface area contributed by atoms with Gasteiger partial charge in [0.2, 0.25) is 11.7 Å². The number of nitrogens with zero attached hydrogens (tertiary/aromatic N) is 4. The lowest BCUT2D eigenvalue weighted by molar-refractivity contribution is -0.147. The van der Waals surface area contributed by atoms with Gasteiger partial charge in [-0.05, 0) is 38.8 Å². The first-order chi connectivity index (χ1) is 18.4. The van der Waals surface area contributed by atoms with E-state index in [1.807, 2.05) is 37.3 Å². The molecular weight excluding hydrogens is 484 g/mol. The van der Waals surface area contributed by atoms with E-state index in [0.29, 0.717) is 52.9 Å². The number of carboxylic acids is 1. The van der Waals surface area contributed by atoms with Crippen molar-refractivity contribution < 1.29 is 19.2 Å². The molecule has 5 rings (SSSR count). The largest absolute Gasteiger partial charge is 0.481 e. The number of aliphatic carboxylic acids is 1. The second kappa shape index (κ2) is 10.8. The summed E-state index contributed by atoms with van der Waals surface area (Å²) >= 11 is 0. The van der Waals surface area contributed by atoms with Crippen molar-refractivity contribution in [3.05, 3.63) is 66.2 Å². The molecular formula is C28H28N6O4. The molecule has 0 bridgehead atoms. The van der Waals surface area contributed by atoms with Crippen molar-refractivity contribution in [2.45, 2.75) is 39.5 Å². The lowest BCUT2D eigenvalue weighted by Crippen LogP contribution is -2.36. The number of carbonyl (C=O) groups is 2. The number of pyridine rings is 1. The van der Waals surface area contributed by atoms with Crippen molar-refractivity contribution in [2.75, 3.05) is 10.6 Å². The molecule has 0 radical (unpaired) electrons. The minimum Gasteiger partial charge on any atom is -0.481 e. The number of hydrogen-bond acceptors (Lipinski definition) is 8. The van der Waals surface area contributed by atoms with E-state index in [2.05, 4.69) is 30.7 Å². The average molecular weight is 513 g/mol. The standard InChI is InChI=1S/C28H28N6O4/c1-16-21(32-27(35)19-10-6-7-11-20(19)28(36)37)12-13-22(30-16)26-25(17(2)34-38-26)33-24-15-29-14-23(31-24)18-8-4-3-5-9-18/h3-5,8-9,12-15,19-20H,6-7,10-11H2,1-2H3,(H,31,33)(H,32,35)(H,36,37). The number of benzene rings is 1. The number of carbonyl (C=O) groups excluding carboxylic acids is 1. The van der Waals surface area contributed by atoms with Gasteiger partial charge in [0.15, 0.2) is 0 Å². The molecule has 1 aliphatic rings. The Morgan fingerprint density at radius 3 is 2.42 bits per heavy atom. The minimum absolute atomic E-state index is 0.288. The normalized spacial score (nSPS) is 17.1. The molecule has 194 valence electrons. The maximum atomic E-state index is 12.9. The molecule has 1 amide bonds. The molecule has 10 nitrogen and oxygen atoms in total. The summed E-state index contributed by atoms with van der Waals surface area (Å²) in [5, 5.41) is 19.8. The quantitative estimate of drug-likeness (QED) is 0.297. The summed E-state index contributed by atoms with van der Waals surface area (Å²) in [6, 6.07) is 13.2. The highest BCUT2D eigenvalue weighted by molar-refractivity contribution is 5.95. The Bertz CT molecular complexity index is 1470. The SMILES string of the molecule is Cc1nc(-c2onc(C)c2Nc2cncc(-c3ccccc3)n2)ccc1NC(=O)C1CCCCC1C(=O)O. The van der Waals surface area contributed by atoms with Gasteiger partial charge >= 0.3 is 5.97 Å². The number of amides is 1. The molecule has 0 saturated heterocycles. The van der Waals surface area contributed by atoms with E-state index in [-0.39, 0.29) is 5.91 Å². The van der Waals surface area contributed by atoms with Crippen LogP contribution in [0.5, 0.6) is 0 Å². The lowest BCUT2D eigenvalue weighted by Gasteiger charge is -2.27. The second-order valence-corrected chi connectivity index (χ2v) is 9.41. The fraction of sp³-hybridized carbons (Fsp3) is 0.286. The van der Waals surface area contributed by atoms with Crippen LogP contribution in [0.25, 0.3) is 22.7 Å². The Morgan fingerprint density at radius 1 is 0.921 bits per heavy atom. The van der Waals surface area contributed by atoms with Crippen LogP contribution in [0, 0.1) is 25.7 Å². The van der Waals surface area contributed by atoms with Crippen molar-refractivity contribution >= 4 is 29.1 Å². The number of nitrogens with one attached hydrogen (secondary N) is 2. The third kappa shape index (κ3) is 5.24. The molecule has 0 aliphatic heterocycles. The monoisotopic (exact) mass is 512 g/mol. The third-order valence-corrected chi connectivity index (χ3v) is 6.82. The Kier molecular flexibility index (Phi) is 7.12. The van der Waals surface area contributed by atoms with Gasteiger partial charge in [0.05, 0.1) is 41.3 Å². The Balaban J connectivity index is 1.36. The molecule has 38 heavy (non-hydrogen) atoms. The predicted octanol–water partition coefficient (Wildman–Crippen LogP) is 5.38. The predicted molar refractivity (Wildman–Crippen MR) is 142 cm³/mol. The highest BCUT2D eigenvalue weighted by Crippen LogP contribution is 2.34. The maximum Gasteiger partial charge on any atom is 0.307 e. The van der Waals surface area contributed by atoms with Gasteiger partial charge in [-0.15, -0.1) is 0 Å². The van der Waals surface area contributed by atoms with Crippen molar-refractivity contribution in [1.82, 2.24) is 20.1 Å². The molecule has 1 aromatic carbocycles. The fourth-order valence-corrected chi connectivity index (χ4v) is 4.78. The minimum atomic E-state index is -0.922. The molecule has 3 heterocycles. The van der Waals surface area contributed by atoms with E-state index in [0.717, 1.165) is 24.1 Å². The van der Waals surface area contributed by atoms with Gasteiger partial charge in [0.1, 0.15) is 22.9 Å². The van der Waals surface area contributed by atoms with Crippen LogP contribution in [-0.4, -0.2) is 37.1 Å². The molecule has 4 aromatic rings. The van der Waals surface area contributed by atoms with Crippen LogP contribution in [0.2, 0.25) is 0 Å². The summed E-state index contributed by atoms with van der Waals surface area (Å²) in [6.07, 6.45) is 6.07. The smallest absolute Gasteiger partial charge is 0.307 e. The van der Waals surface area contributed by atoms with Crippen LogP contribution >= 0.6 is 0 Å². The Labute approximate surface area is 219 Å². The Morgan fingerprint density at radius 2 is 1.68 bits per heavy atom. The first-order valence-corrected chi connectivity index (χ1v) is 12.5. The molecule has 2 atom stereocenters. The van der Waals surface area contributed by atoms with E-state index in [4.69, 9.17) is 4.52 Å². The maximum absolute atomic E-state index is 12.9. The molecule has 3 N–H and O–H groups in total. The molecule has 2 unspecified atom stereocenters. The molecule has 3 aromatic heterocycles. The molecule has 1 saturated carbocycles. The third-order valence-electron chi connectivity index (χ3n) is 6.82. The summed E-state index contributed by atoms with van der Waals surface area (Å²) in [5.74, 6) is -1.47. The number of rotatable bonds is 7. The first kappa shape index (κ1) is 25.1. The van der Waals surface area contributed by atoms with Crippen molar-refractivity contribution in [2.24, 2.45) is 11.8 Å². The summed E-state index contributed by atoms with van der Waals surface area (Å²) < 4.78 is 5.60. The summed E-state index contributed by atoms with van der Waals surface area (Å²) in [5.41, 5.74) is 4.54. The van der Waals surface area contributed by atoms with E-state index < -0.39 is 17.8 Å². The van der Waals surface area contributed by atoms with Gasteiger partial charge in [-0.3, -0.25) is 14.6 Å². The molecule has 1 fully saturated rings. The molecule has 1 aliphatic carbocycles. The zero-order chi connectivity index (χ0) is 26.6. The van der Waals surface area contributed by atoms with Crippen LogP contribution in [-0.2, 0) is 9.59 Å². The highest BCUT2D eigenvalue weighted by atomic mass is 16.5. The average Bonchev–Trinajstić information content (AvgIpc) is 3.30. The van der Waals surface area contributed by atoms with Crippen LogP contribution in [0.1, 0.15) is 37.1 Å². The van der Waals surface area contributed by atoms with Gasteiger partial charge in [-0.25, -0.2) is 9.97 Å². The van der Waals surface area contributed by atoms with Gasteiger partial charge in [-0.2, -0.15) is 0 Å². The van der Waals surface area contributed by atoms with E-state index in [1.54, 1.807) is 31.5 Å². The van der Waals surface area contributed by atoms with Crippen LogP contribution in [0.4, 0.5) is 17.2 Å². The van der Waals surface area contributed by atoms with Gasteiger partial charge in [-0.1, -0.05) is 48.3 Å². The van der Waals surface area contributed by atoms with Gasteiger partial charge in [0.25, 0.3) is 0 Å². The summed E-state index contributed by atoms with van der Waals surface area (Å²) in [7, 11) is 0. The zero-order valence-corrected chi connectivity index (χ0v) is 21.1. The fourth-order valence-electron chi connectivity index (χ4n) is 4.78. The van der Waals surface area contributed by atoms with Crippen LogP contribution < -0.4 is 10.6 Å². The molecule has 10 heteroatoms. The van der Waals surface area contributed by atoms with Gasteiger partial charge < -0.3 is 20.3 Å². The van der Waals surface area contributed by atoms with E-state index in [1.165, 1.54) is 0 Å².